The fraction of sp³-hybridized carbons (Fsp3) is 0.300. The van der Waals surface area contributed by atoms with Crippen LogP contribution in [0.4, 0.5) is 18.9 Å². The standard InChI is InChI=1S/C10H8ClF3N2S/c11-7-5-6(10(12,13)14)1-2-8(7)16-9-15-3-4-17-9/h1-2,5H,3-4H2,(H,15,16). The Morgan fingerprint density at radius 3 is 2.65 bits per heavy atom. The number of anilines is 1. The number of benzene rings is 1. The second kappa shape index (κ2) is 4.78. The zero-order valence-corrected chi connectivity index (χ0v) is 10.1. The molecule has 2 nitrogen and oxygen atoms in total. The van der Waals surface area contributed by atoms with Crippen molar-refractivity contribution in [2.45, 2.75) is 6.18 Å². The van der Waals surface area contributed by atoms with Crippen LogP contribution in [0.15, 0.2) is 23.2 Å². The monoisotopic (exact) mass is 280 g/mol. The Morgan fingerprint density at radius 2 is 2.12 bits per heavy atom. The molecule has 1 aliphatic rings. The second-order valence-electron chi connectivity index (χ2n) is 3.35. The normalized spacial score (nSPS) is 15.9. The topological polar surface area (TPSA) is 24.4 Å². The predicted octanol–water partition coefficient (Wildman–Crippen LogP) is 3.87. The molecule has 0 aromatic heterocycles. The van der Waals surface area contributed by atoms with Crippen LogP contribution in [0.1, 0.15) is 5.56 Å². The highest BCUT2D eigenvalue weighted by Crippen LogP contribution is 2.34. The van der Waals surface area contributed by atoms with Gasteiger partial charge in [-0.05, 0) is 18.2 Å². The quantitative estimate of drug-likeness (QED) is 0.844. The summed E-state index contributed by atoms with van der Waals surface area (Å²) in [6, 6.07) is 3.21. The summed E-state index contributed by atoms with van der Waals surface area (Å²) in [4.78, 5) is 4.13. The highest BCUT2D eigenvalue weighted by molar-refractivity contribution is 8.14. The number of amidine groups is 1. The maximum absolute atomic E-state index is 12.4. The highest BCUT2D eigenvalue weighted by atomic mass is 35.5. The van der Waals surface area contributed by atoms with Gasteiger partial charge in [-0.2, -0.15) is 13.2 Å². The van der Waals surface area contributed by atoms with E-state index < -0.39 is 11.7 Å². The molecule has 17 heavy (non-hydrogen) atoms. The minimum Gasteiger partial charge on any atom is -0.334 e. The molecule has 1 N–H and O–H groups in total. The van der Waals surface area contributed by atoms with Crippen molar-refractivity contribution in [3.63, 3.8) is 0 Å². The van der Waals surface area contributed by atoms with Gasteiger partial charge in [0.05, 0.1) is 22.8 Å². The fourth-order valence-corrected chi connectivity index (χ4v) is 2.29. The van der Waals surface area contributed by atoms with Crippen LogP contribution in [0.25, 0.3) is 0 Å². The molecular formula is C10H8ClF3N2S. The lowest BCUT2D eigenvalue weighted by atomic mass is 10.2. The molecular weight excluding hydrogens is 273 g/mol. The molecule has 1 aromatic carbocycles. The van der Waals surface area contributed by atoms with Crippen LogP contribution in [0.3, 0.4) is 0 Å². The number of nitrogens with one attached hydrogen (secondary N) is 1. The maximum atomic E-state index is 12.4. The minimum absolute atomic E-state index is 0.0371. The third-order valence-electron chi connectivity index (χ3n) is 2.12. The zero-order chi connectivity index (χ0) is 12.5. The molecule has 0 fully saturated rings. The molecule has 0 saturated heterocycles. The van der Waals surface area contributed by atoms with Gasteiger partial charge >= 0.3 is 6.18 Å². The summed E-state index contributed by atoms with van der Waals surface area (Å²) in [5.41, 5.74) is -0.318. The van der Waals surface area contributed by atoms with E-state index in [1.54, 1.807) is 0 Å². The van der Waals surface area contributed by atoms with Gasteiger partial charge in [-0.25, -0.2) is 0 Å². The Kier molecular flexibility index (Phi) is 3.53. The number of nitrogens with zero attached hydrogens (tertiary/aromatic N) is 1. The number of halogens is 4. The van der Waals surface area contributed by atoms with Gasteiger partial charge in [-0.3, -0.25) is 4.99 Å². The van der Waals surface area contributed by atoms with E-state index in [1.807, 2.05) is 0 Å². The first-order valence-electron chi connectivity index (χ1n) is 4.78. The Labute approximate surface area is 105 Å². The molecule has 1 aromatic rings. The number of rotatable bonds is 1. The van der Waals surface area contributed by atoms with E-state index in [1.165, 1.54) is 17.8 Å². The van der Waals surface area contributed by atoms with Crippen LogP contribution in [-0.4, -0.2) is 17.5 Å². The lowest BCUT2D eigenvalue weighted by Gasteiger charge is -2.11. The Balaban J connectivity index is 2.20. The molecule has 2 rings (SSSR count). The van der Waals surface area contributed by atoms with E-state index in [4.69, 9.17) is 11.6 Å². The highest BCUT2D eigenvalue weighted by Gasteiger charge is 2.30. The third-order valence-corrected chi connectivity index (χ3v) is 3.33. The molecule has 92 valence electrons. The number of hydrogen-bond acceptors (Lipinski definition) is 3. The SMILES string of the molecule is FC(F)(F)c1ccc(NC2=NCCS2)c(Cl)c1. The molecule has 0 spiro atoms. The number of hydrogen-bond donors (Lipinski definition) is 1. The van der Waals surface area contributed by atoms with Gasteiger partial charge in [0.1, 0.15) is 0 Å². The van der Waals surface area contributed by atoms with Crippen LogP contribution in [0.5, 0.6) is 0 Å². The summed E-state index contributed by atoms with van der Waals surface area (Å²) < 4.78 is 37.2. The summed E-state index contributed by atoms with van der Waals surface area (Å²) in [6.07, 6.45) is -4.37. The molecule has 0 atom stereocenters. The smallest absolute Gasteiger partial charge is 0.334 e. The van der Waals surface area contributed by atoms with Crippen LogP contribution in [0, 0.1) is 0 Å². The van der Waals surface area contributed by atoms with Crippen LogP contribution < -0.4 is 5.32 Å². The van der Waals surface area contributed by atoms with Gasteiger partial charge in [0, 0.05) is 5.75 Å². The first-order chi connectivity index (χ1) is 7.97. The van der Waals surface area contributed by atoms with Gasteiger partial charge < -0.3 is 5.32 Å². The van der Waals surface area contributed by atoms with Crippen molar-refractivity contribution in [3.8, 4) is 0 Å². The maximum Gasteiger partial charge on any atom is 0.416 e. The first kappa shape index (κ1) is 12.6. The van der Waals surface area contributed by atoms with Crippen molar-refractivity contribution in [2.75, 3.05) is 17.6 Å². The Bertz CT molecular complexity index is 459. The zero-order valence-electron chi connectivity index (χ0n) is 8.51. The Morgan fingerprint density at radius 1 is 1.35 bits per heavy atom. The van der Waals surface area contributed by atoms with Crippen molar-refractivity contribution in [1.82, 2.24) is 0 Å². The van der Waals surface area contributed by atoms with Crippen molar-refractivity contribution in [3.05, 3.63) is 28.8 Å². The van der Waals surface area contributed by atoms with Crippen molar-refractivity contribution < 1.29 is 13.2 Å². The van der Waals surface area contributed by atoms with E-state index in [0.29, 0.717) is 17.4 Å². The number of thioether (sulfide) groups is 1. The molecule has 1 aliphatic heterocycles. The van der Waals surface area contributed by atoms with Crippen molar-refractivity contribution >= 4 is 34.2 Å². The molecule has 0 bridgehead atoms. The Hall–Kier alpha value is -0.880. The molecule has 0 amide bonds. The summed E-state index contributed by atoms with van der Waals surface area (Å²) in [7, 11) is 0. The van der Waals surface area contributed by atoms with E-state index in [9.17, 15) is 13.2 Å². The summed E-state index contributed by atoms with van der Waals surface area (Å²) in [5.74, 6) is 0.876. The van der Waals surface area contributed by atoms with Gasteiger partial charge in [0.2, 0.25) is 0 Å². The molecule has 0 unspecified atom stereocenters. The largest absolute Gasteiger partial charge is 0.416 e. The third kappa shape index (κ3) is 3.07. The summed E-state index contributed by atoms with van der Waals surface area (Å²) in [6.45, 7) is 0.714. The first-order valence-corrected chi connectivity index (χ1v) is 6.14. The van der Waals surface area contributed by atoms with E-state index in [-0.39, 0.29) is 5.02 Å². The average Bonchev–Trinajstić information content (AvgIpc) is 2.72. The van der Waals surface area contributed by atoms with Gasteiger partial charge in [0.25, 0.3) is 0 Å². The molecule has 1 heterocycles. The van der Waals surface area contributed by atoms with Gasteiger partial charge in [-0.1, -0.05) is 23.4 Å². The van der Waals surface area contributed by atoms with E-state index >= 15 is 0 Å². The molecule has 0 radical (unpaired) electrons. The predicted molar refractivity (Wildman–Crippen MR) is 64.8 cm³/mol. The number of aliphatic imine (C=N–C) groups is 1. The number of alkyl halides is 3. The summed E-state index contributed by atoms with van der Waals surface area (Å²) in [5, 5.41) is 3.63. The lowest BCUT2D eigenvalue weighted by Crippen LogP contribution is -2.08. The van der Waals surface area contributed by atoms with Gasteiger partial charge in [-0.15, -0.1) is 0 Å². The lowest BCUT2D eigenvalue weighted by molar-refractivity contribution is -0.137. The average molecular weight is 281 g/mol. The molecule has 7 heteroatoms. The second-order valence-corrected chi connectivity index (χ2v) is 4.84. The molecule has 0 saturated carbocycles. The van der Waals surface area contributed by atoms with Crippen molar-refractivity contribution in [2.24, 2.45) is 4.99 Å². The molecule has 0 aliphatic carbocycles. The van der Waals surface area contributed by atoms with Crippen LogP contribution >= 0.6 is 23.4 Å². The summed E-state index contributed by atoms with van der Waals surface area (Å²) >= 11 is 7.30. The van der Waals surface area contributed by atoms with Crippen LogP contribution in [-0.2, 0) is 6.18 Å². The van der Waals surface area contributed by atoms with Crippen LogP contribution in [0.2, 0.25) is 5.02 Å². The van der Waals surface area contributed by atoms with E-state index in [0.717, 1.165) is 17.9 Å². The minimum atomic E-state index is -4.37. The van der Waals surface area contributed by atoms with Crippen molar-refractivity contribution in [1.29, 1.82) is 0 Å². The van der Waals surface area contributed by atoms with Gasteiger partial charge in [0.15, 0.2) is 5.17 Å². The fourth-order valence-electron chi connectivity index (χ4n) is 1.32. The van der Waals surface area contributed by atoms with E-state index in [2.05, 4.69) is 10.3 Å².